The fourth-order valence-corrected chi connectivity index (χ4v) is 2.97. The zero-order chi connectivity index (χ0) is 19.9. The number of benzene rings is 1. The van der Waals surface area contributed by atoms with Crippen molar-refractivity contribution in [3.63, 3.8) is 0 Å². The quantitative estimate of drug-likeness (QED) is 0.297. The van der Waals surface area contributed by atoms with Gasteiger partial charge >= 0.3 is 5.97 Å². The van der Waals surface area contributed by atoms with Crippen LogP contribution in [0.1, 0.15) is 22.3 Å². The number of carbonyl (C=O) groups is 1. The summed E-state index contributed by atoms with van der Waals surface area (Å²) in [6, 6.07) is 9.08. The summed E-state index contributed by atoms with van der Waals surface area (Å²) in [5, 5.41) is 13.5. The lowest BCUT2D eigenvalue weighted by Crippen LogP contribution is -2.11. The van der Waals surface area contributed by atoms with Crippen LogP contribution in [0, 0.1) is 10.1 Å². The van der Waals surface area contributed by atoms with Crippen LogP contribution in [0.15, 0.2) is 42.6 Å². The van der Waals surface area contributed by atoms with Crippen molar-refractivity contribution in [2.24, 2.45) is 0 Å². The molecule has 0 aliphatic carbocycles. The Bertz CT molecular complexity index is 895. The fraction of sp³-hybridized carbons (Fsp3) is 0.294. The van der Waals surface area contributed by atoms with Gasteiger partial charge in [0.25, 0.3) is 5.69 Å². The monoisotopic (exact) mass is 393 g/mol. The number of hydrogen-bond acceptors (Lipinski definition) is 8. The Balaban J connectivity index is 1.72. The van der Waals surface area contributed by atoms with Crippen molar-refractivity contribution < 1.29 is 22.9 Å². The molecule has 2 aromatic rings. The molecule has 0 amide bonds. The van der Waals surface area contributed by atoms with Gasteiger partial charge in [0, 0.05) is 18.9 Å². The molecule has 10 heteroatoms. The van der Waals surface area contributed by atoms with Crippen molar-refractivity contribution in [1.29, 1.82) is 0 Å². The summed E-state index contributed by atoms with van der Waals surface area (Å²) in [7, 11) is -3.12. The van der Waals surface area contributed by atoms with Gasteiger partial charge in [0.1, 0.15) is 12.0 Å². The molecule has 1 aromatic heterocycles. The van der Waals surface area contributed by atoms with Crippen LogP contribution in [-0.2, 0) is 20.3 Å². The maximum absolute atomic E-state index is 11.9. The Morgan fingerprint density at radius 1 is 1.22 bits per heavy atom. The summed E-state index contributed by atoms with van der Waals surface area (Å²) in [4.78, 5) is 25.9. The summed E-state index contributed by atoms with van der Waals surface area (Å²) in [6.07, 6.45) is 2.84. The van der Waals surface area contributed by atoms with Crippen LogP contribution in [-0.4, -0.2) is 43.7 Å². The molecule has 144 valence electrons. The first kappa shape index (κ1) is 20.3. The van der Waals surface area contributed by atoms with Gasteiger partial charge < -0.3 is 10.1 Å². The highest BCUT2D eigenvalue weighted by Crippen LogP contribution is 2.12. The van der Waals surface area contributed by atoms with E-state index in [0.717, 1.165) is 12.5 Å². The van der Waals surface area contributed by atoms with Crippen LogP contribution < -0.4 is 5.32 Å². The van der Waals surface area contributed by atoms with Gasteiger partial charge in [-0.05, 0) is 30.2 Å². The number of nitrogens with zero attached hydrogens (tertiary/aromatic N) is 2. The van der Waals surface area contributed by atoms with E-state index in [0.29, 0.717) is 29.9 Å². The van der Waals surface area contributed by atoms with Gasteiger partial charge in [-0.15, -0.1) is 0 Å². The number of carbonyl (C=O) groups excluding carboxylic acids is 1. The highest BCUT2D eigenvalue weighted by atomic mass is 32.2. The maximum atomic E-state index is 11.9. The fourth-order valence-electron chi connectivity index (χ4n) is 2.18. The first-order valence-electron chi connectivity index (χ1n) is 8.03. The second kappa shape index (κ2) is 9.08. The van der Waals surface area contributed by atoms with Crippen LogP contribution >= 0.6 is 0 Å². The van der Waals surface area contributed by atoms with E-state index in [1.807, 2.05) is 0 Å². The molecule has 1 N–H and O–H groups in total. The summed E-state index contributed by atoms with van der Waals surface area (Å²) >= 11 is 0. The molecule has 0 aliphatic rings. The van der Waals surface area contributed by atoms with Gasteiger partial charge in [0.05, 0.1) is 22.8 Å². The van der Waals surface area contributed by atoms with Gasteiger partial charge in [-0.1, -0.05) is 12.1 Å². The number of esters is 1. The Morgan fingerprint density at radius 2 is 1.93 bits per heavy atom. The second-order valence-corrected chi connectivity index (χ2v) is 7.98. The molecule has 0 unspecified atom stereocenters. The number of nitro groups is 1. The number of pyridine rings is 1. The lowest BCUT2D eigenvalue weighted by Gasteiger charge is -2.07. The van der Waals surface area contributed by atoms with Gasteiger partial charge in [0.2, 0.25) is 0 Å². The van der Waals surface area contributed by atoms with E-state index in [9.17, 15) is 23.3 Å². The molecule has 0 bridgehead atoms. The second-order valence-electron chi connectivity index (χ2n) is 5.84. The largest absolute Gasteiger partial charge is 0.462 e. The van der Waals surface area contributed by atoms with Crippen molar-refractivity contribution in [2.45, 2.75) is 12.2 Å². The average molecular weight is 393 g/mol. The number of ether oxygens (including phenoxy) is 1. The van der Waals surface area contributed by atoms with Crippen LogP contribution in [0.25, 0.3) is 0 Å². The van der Waals surface area contributed by atoms with Gasteiger partial charge in [0.15, 0.2) is 9.84 Å². The average Bonchev–Trinajstić information content (AvgIpc) is 2.61. The summed E-state index contributed by atoms with van der Waals surface area (Å²) in [5.41, 5.74) is 0.864. The van der Waals surface area contributed by atoms with Gasteiger partial charge in [-0.25, -0.2) is 18.2 Å². The predicted molar refractivity (Wildman–Crippen MR) is 99.3 cm³/mol. The molecule has 9 nitrogen and oxygen atoms in total. The molecule has 1 aromatic carbocycles. The van der Waals surface area contributed by atoms with Gasteiger partial charge in [-0.3, -0.25) is 10.1 Å². The van der Waals surface area contributed by atoms with E-state index in [4.69, 9.17) is 4.74 Å². The van der Waals surface area contributed by atoms with Crippen LogP contribution in [0.4, 0.5) is 11.5 Å². The zero-order valence-electron chi connectivity index (χ0n) is 14.6. The third kappa shape index (κ3) is 7.02. The number of anilines is 1. The highest BCUT2D eigenvalue weighted by molar-refractivity contribution is 7.89. The Hall–Kier alpha value is -3.01. The molecule has 2 rings (SSSR count). The summed E-state index contributed by atoms with van der Waals surface area (Å²) in [6.45, 7) is 0.662. The van der Waals surface area contributed by atoms with Crippen molar-refractivity contribution in [3.8, 4) is 0 Å². The molecule has 27 heavy (non-hydrogen) atoms. The topological polar surface area (TPSA) is 128 Å². The number of nitrogens with one attached hydrogen (secondary N) is 1. The van der Waals surface area contributed by atoms with Crippen LogP contribution in [0.2, 0.25) is 0 Å². The lowest BCUT2D eigenvalue weighted by molar-refractivity contribution is -0.385. The molecule has 0 radical (unpaired) electrons. The maximum Gasteiger partial charge on any atom is 0.338 e. The predicted octanol–water partition coefficient (Wildman–Crippen LogP) is 2.19. The minimum atomic E-state index is -3.12. The molecule has 0 aliphatic heterocycles. The Kier molecular flexibility index (Phi) is 6.83. The van der Waals surface area contributed by atoms with E-state index < -0.39 is 20.7 Å². The van der Waals surface area contributed by atoms with Crippen LogP contribution in [0.3, 0.4) is 0 Å². The molecule has 0 spiro atoms. The van der Waals surface area contributed by atoms with Crippen LogP contribution in [0.5, 0.6) is 0 Å². The Morgan fingerprint density at radius 3 is 2.48 bits per heavy atom. The van der Waals surface area contributed by atoms with Gasteiger partial charge in [-0.2, -0.15) is 0 Å². The normalized spacial score (nSPS) is 11.0. The smallest absolute Gasteiger partial charge is 0.338 e. The van der Waals surface area contributed by atoms with Crippen molar-refractivity contribution in [1.82, 2.24) is 4.98 Å². The molecule has 0 fully saturated rings. The van der Waals surface area contributed by atoms with E-state index in [-0.39, 0.29) is 18.0 Å². The standard InChI is InChI=1S/C17H19N3O6S/c1-27(24,25)12-13-3-5-14(6-4-13)17(21)26-10-2-9-18-16-8-7-15(11-19-16)20(22)23/h3-8,11H,2,9-10,12H2,1H3,(H,18,19). The molecule has 0 atom stereocenters. The lowest BCUT2D eigenvalue weighted by atomic mass is 10.1. The third-order valence-corrected chi connectivity index (χ3v) is 4.30. The first-order chi connectivity index (χ1) is 12.7. The van der Waals surface area contributed by atoms with Crippen molar-refractivity contribution >= 4 is 27.3 Å². The van der Waals surface area contributed by atoms with Crippen molar-refractivity contribution in [3.05, 3.63) is 63.8 Å². The number of rotatable bonds is 9. The van der Waals surface area contributed by atoms with E-state index in [1.165, 1.54) is 24.3 Å². The highest BCUT2D eigenvalue weighted by Gasteiger charge is 2.09. The number of aromatic nitrogens is 1. The van der Waals surface area contributed by atoms with E-state index in [1.54, 1.807) is 12.1 Å². The zero-order valence-corrected chi connectivity index (χ0v) is 15.4. The molecular weight excluding hydrogens is 374 g/mol. The molecular formula is C17H19N3O6S. The minimum absolute atomic E-state index is 0.0787. The molecule has 0 saturated carbocycles. The first-order valence-corrected chi connectivity index (χ1v) is 10.1. The van der Waals surface area contributed by atoms with E-state index >= 15 is 0 Å². The minimum Gasteiger partial charge on any atom is -0.462 e. The molecule has 1 heterocycles. The summed E-state index contributed by atoms with van der Waals surface area (Å²) in [5.74, 6) is -0.0761. The third-order valence-electron chi connectivity index (χ3n) is 3.44. The van der Waals surface area contributed by atoms with Crippen molar-refractivity contribution in [2.75, 3.05) is 24.7 Å². The Labute approximate surface area is 156 Å². The number of sulfone groups is 1. The molecule has 0 saturated heterocycles. The number of hydrogen-bond donors (Lipinski definition) is 1. The summed E-state index contributed by atoms with van der Waals surface area (Å²) < 4.78 is 27.6. The van der Waals surface area contributed by atoms with E-state index in [2.05, 4.69) is 10.3 Å². The SMILES string of the molecule is CS(=O)(=O)Cc1ccc(C(=O)OCCCNc2ccc([N+](=O)[O-])cn2)cc1.